The molecule has 0 aliphatic heterocycles. The fourth-order valence-corrected chi connectivity index (χ4v) is 2.88. The average Bonchev–Trinajstić information content (AvgIpc) is 2.29. The number of aryl methyl sites for hydroxylation is 1. The van der Waals surface area contributed by atoms with E-state index in [9.17, 15) is 13.2 Å². The third-order valence-electron chi connectivity index (χ3n) is 2.20. The summed E-state index contributed by atoms with van der Waals surface area (Å²) in [4.78, 5) is 0. The predicted octanol–water partition coefficient (Wildman–Crippen LogP) is 5.09. The summed E-state index contributed by atoms with van der Waals surface area (Å²) in [6, 6.07) is 6.25. The second kappa shape index (κ2) is 7.59. The maximum Gasteiger partial charge on any atom is 0.420 e. The van der Waals surface area contributed by atoms with Gasteiger partial charge in [-0.3, -0.25) is 4.18 Å². The van der Waals surface area contributed by atoms with Crippen LogP contribution in [0.4, 0.5) is 13.2 Å². The largest absolute Gasteiger partial charge is 0.420 e. The van der Waals surface area contributed by atoms with Crippen LogP contribution in [0.25, 0.3) is 0 Å². The molecule has 0 fully saturated rings. The first-order valence-electron chi connectivity index (χ1n) is 5.42. The van der Waals surface area contributed by atoms with Gasteiger partial charge < -0.3 is 0 Å². The van der Waals surface area contributed by atoms with Crippen molar-refractivity contribution >= 4 is 34.6 Å². The summed E-state index contributed by atoms with van der Waals surface area (Å²) < 4.78 is 44.5. The highest BCUT2D eigenvalue weighted by Gasteiger charge is 2.42. The van der Waals surface area contributed by atoms with E-state index in [0.29, 0.717) is 5.75 Å². The lowest BCUT2D eigenvalue weighted by atomic mass is 10.1. The van der Waals surface area contributed by atoms with E-state index in [2.05, 4.69) is 22.6 Å². The molecule has 102 valence electrons. The number of hydrogen-bond acceptors (Lipinski definition) is 2. The molecule has 1 rings (SSSR count). The Morgan fingerprint density at radius 2 is 1.89 bits per heavy atom. The van der Waals surface area contributed by atoms with Crippen LogP contribution >= 0.6 is 34.6 Å². The standard InChI is InChI=1S/C12H14F3IOS/c1-9-3-5-10(6-4-9)11(12(13,14)15)17-18-8-2-7-16/h3-6,11H,2,7-8H2,1H3. The molecule has 0 saturated carbocycles. The molecule has 0 spiro atoms. The minimum Gasteiger partial charge on any atom is -0.298 e. The molecule has 6 heteroatoms. The van der Waals surface area contributed by atoms with Crippen LogP contribution < -0.4 is 0 Å². The quantitative estimate of drug-likeness (QED) is 0.290. The zero-order valence-corrected chi connectivity index (χ0v) is 12.8. The summed E-state index contributed by atoms with van der Waals surface area (Å²) in [6.45, 7) is 1.84. The van der Waals surface area contributed by atoms with Gasteiger partial charge in [-0.25, -0.2) is 0 Å². The minimum absolute atomic E-state index is 0.148. The number of alkyl halides is 4. The molecule has 0 aromatic heterocycles. The molecule has 0 aliphatic rings. The lowest BCUT2D eigenvalue weighted by Crippen LogP contribution is -2.21. The van der Waals surface area contributed by atoms with E-state index < -0.39 is 12.3 Å². The topological polar surface area (TPSA) is 9.23 Å². The highest BCUT2D eigenvalue weighted by atomic mass is 127. The molecule has 0 heterocycles. The van der Waals surface area contributed by atoms with Gasteiger partial charge in [0.15, 0.2) is 6.10 Å². The maximum absolute atomic E-state index is 12.9. The third-order valence-corrected chi connectivity index (χ3v) is 3.75. The summed E-state index contributed by atoms with van der Waals surface area (Å²) >= 11 is 3.07. The van der Waals surface area contributed by atoms with Crippen molar-refractivity contribution in [3.8, 4) is 0 Å². The highest BCUT2D eigenvalue weighted by molar-refractivity contribution is 14.1. The SMILES string of the molecule is Cc1ccc(C(OSCCCI)C(F)(F)F)cc1. The van der Waals surface area contributed by atoms with Gasteiger partial charge >= 0.3 is 6.18 Å². The zero-order chi connectivity index (χ0) is 13.6. The highest BCUT2D eigenvalue weighted by Crippen LogP contribution is 2.38. The van der Waals surface area contributed by atoms with E-state index in [1.54, 1.807) is 12.1 Å². The third kappa shape index (κ3) is 5.36. The molecular weight excluding hydrogens is 376 g/mol. The Labute approximate surface area is 123 Å². The average molecular weight is 390 g/mol. The first kappa shape index (κ1) is 16.1. The summed E-state index contributed by atoms with van der Waals surface area (Å²) in [7, 11) is 0. The van der Waals surface area contributed by atoms with Gasteiger partial charge in [0, 0.05) is 10.2 Å². The monoisotopic (exact) mass is 390 g/mol. The second-order valence-electron chi connectivity index (χ2n) is 3.79. The molecule has 0 amide bonds. The summed E-state index contributed by atoms with van der Waals surface area (Å²) in [5.41, 5.74) is 1.08. The molecule has 0 N–H and O–H groups in total. The van der Waals surface area contributed by atoms with Crippen LogP contribution in [0.3, 0.4) is 0 Å². The molecule has 0 bridgehead atoms. The number of hydrogen-bond donors (Lipinski definition) is 0. The number of rotatable bonds is 6. The van der Waals surface area contributed by atoms with E-state index >= 15 is 0 Å². The molecule has 1 aromatic carbocycles. The van der Waals surface area contributed by atoms with Crippen LogP contribution in [0.15, 0.2) is 24.3 Å². The summed E-state index contributed by atoms with van der Waals surface area (Å²) in [5.74, 6) is 0.571. The number of benzene rings is 1. The molecule has 1 atom stereocenters. The molecular formula is C12H14F3IOS. The zero-order valence-electron chi connectivity index (χ0n) is 9.84. The van der Waals surface area contributed by atoms with Crippen LogP contribution in [-0.4, -0.2) is 16.4 Å². The van der Waals surface area contributed by atoms with E-state index in [1.807, 2.05) is 6.92 Å². The predicted molar refractivity (Wildman–Crippen MR) is 77.0 cm³/mol. The van der Waals surface area contributed by atoms with Crippen molar-refractivity contribution in [1.82, 2.24) is 0 Å². The van der Waals surface area contributed by atoms with E-state index in [1.165, 1.54) is 12.1 Å². The van der Waals surface area contributed by atoms with Crippen LogP contribution in [-0.2, 0) is 4.18 Å². The Morgan fingerprint density at radius 3 is 2.39 bits per heavy atom. The fourth-order valence-electron chi connectivity index (χ4n) is 1.27. The van der Waals surface area contributed by atoms with Crippen molar-refractivity contribution < 1.29 is 17.4 Å². The van der Waals surface area contributed by atoms with Crippen molar-refractivity contribution in [3.05, 3.63) is 35.4 Å². The molecule has 1 unspecified atom stereocenters. The first-order valence-corrected chi connectivity index (χ1v) is 7.86. The van der Waals surface area contributed by atoms with Crippen LogP contribution in [0.1, 0.15) is 23.7 Å². The lowest BCUT2D eigenvalue weighted by Gasteiger charge is -2.20. The van der Waals surface area contributed by atoms with Crippen molar-refractivity contribution in [3.63, 3.8) is 0 Å². The maximum atomic E-state index is 12.9. The first-order chi connectivity index (χ1) is 8.45. The Hall–Kier alpha value is 0.0500. The van der Waals surface area contributed by atoms with Crippen molar-refractivity contribution in [2.45, 2.75) is 25.6 Å². The van der Waals surface area contributed by atoms with Gasteiger partial charge in [-0.05, 0) is 31.0 Å². The van der Waals surface area contributed by atoms with E-state index in [-0.39, 0.29) is 5.56 Å². The molecule has 1 nitrogen and oxygen atoms in total. The van der Waals surface area contributed by atoms with E-state index in [0.717, 1.165) is 28.5 Å². The number of halogens is 4. The van der Waals surface area contributed by atoms with Crippen molar-refractivity contribution in [2.75, 3.05) is 10.2 Å². The fraction of sp³-hybridized carbons (Fsp3) is 0.500. The Bertz CT molecular complexity index is 353. The van der Waals surface area contributed by atoms with Gasteiger partial charge in [0.05, 0.1) is 0 Å². The smallest absolute Gasteiger partial charge is 0.298 e. The summed E-state index contributed by atoms with van der Waals surface area (Å²) in [5, 5.41) is 0. The van der Waals surface area contributed by atoms with Crippen LogP contribution in [0.5, 0.6) is 0 Å². The van der Waals surface area contributed by atoms with Crippen LogP contribution in [0.2, 0.25) is 0 Å². The molecule has 0 aliphatic carbocycles. The van der Waals surface area contributed by atoms with Gasteiger partial charge in [-0.1, -0.05) is 52.4 Å². The Morgan fingerprint density at radius 1 is 1.28 bits per heavy atom. The van der Waals surface area contributed by atoms with Gasteiger partial charge in [-0.15, -0.1) is 0 Å². The van der Waals surface area contributed by atoms with Crippen molar-refractivity contribution in [1.29, 1.82) is 0 Å². The second-order valence-corrected chi connectivity index (χ2v) is 5.71. The van der Waals surface area contributed by atoms with Gasteiger partial charge in [0.2, 0.25) is 0 Å². The van der Waals surface area contributed by atoms with Crippen molar-refractivity contribution in [2.24, 2.45) is 0 Å². The minimum atomic E-state index is -4.38. The summed E-state index contributed by atoms with van der Waals surface area (Å²) in [6.07, 6.45) is -5.40. The molecule has 18 heavy (non-hydrogen) atoms. The van der Waals surface area contributed by atoms with E-state index in [4.69, 9.17) is 4.18 Å². The molecule has 1 aromatic rings. The lowest BCUT2D eigenvalue weighted by molar-refractivity contribution is -0.194. The molecule has 0 saturated heterocycles. The Balaban J connectivity index is 2.70. The van der Waals surface area contributed by atoms with Gasteiger partial charge in [0.1, 0.15) is 0 Å². The normalized spacial score (nSPS) is 13.6. The van der Waals surface area contributed by atoms with Crippen LogP contribution in [0, 0.1) is 6.92 Å². The molecule has 0 radical (unpaired) electrons. The Kier molecular flexibility index (Phi) is 6.79. The van der Waals surface area contributed by atoms with Gasteiger partial charge in [-0.2, -0.15) is 13.2 Å². The van der Waals surface area contributed by atoms with Gasteiger partial charge in [0.25, 0.3) is 0 Å².